The van der Waals surface area contributed by atoms with Crippen LogP contribution in [0.3, 0.4) is 0 Å². The Morgan fingerprint density at radius 2 is 2.09 bits per heavy atom. The van der Waals surface area contributed by atoms with E-state index < -0.39 is 0 Å². The van der Waals surface area contributed by atoms with E-state index in [1.54, 1.807) is 6.20 Å². The van der Waals surface area contributed by atoms with E-state index in [4.69, 9.17) is 11.6 Å². The molecule has 0 saturated carbocycles. The molecule has 0 atom stereocenters. The van der Waals surface area contributed by atoms with E-state index in [0.717, 1.165) is 38.4 Å². The molecule has 7 nitrogen and oxygen atoms in total. The maximum absolute atomic E-state index is 12.2. The molecule has 0 bridgehead atoms. The number of hydrogen-bond acceptors (Lipinski definition) is 4. The largest absolute Gasteiger partial charge is 0.356 e. The fourth-order valence-corrected chi connectivity index (χ4v) is 2.80. The monoisotopic (exact) mass is 341 g/mol. The Morgan fingerprint density at radius 1 is 1.30 bits per heavy atom. The number of nitrogens with one attached hydrogen (secondary N) is 1. The highest BCUT2D eigenvalue weighted by Crippen LogP contribution is 2.13. The third-order valence-electron chi connectivity index (χ3n) is 4.05. The van der Waals surface area contributed by atoms with Gasteiger partial charge in [0.05, 0.1) is 12.7 Å². The van der Waals surface area contributed by atoms with E-state index in [9.17, 15) is 9.59 Å². The number of carbonyl (C=O) groups excluding carboxylic acids is 2. The summed E-state index contributed by atoms with van der Waals surface area (Å²) in [6, 6.07) is 0. The molecule has 1 aromatic heterocycles. The molecular formula is C15H24ClN5O2. The highest BCUT2D eigenvalue weighted by Gasteiger charge is 2.20. The molecular weight excluding hydrogens is 318 g/mol. The SMILES string of the molecule is CC(=O)NCCC(=O)N1CCCN(Cc2ncc(Cl)n2C)CC1. The second kappa shape index (κ2) is 8.31. The van der Waals surface area contributed by atoms with Crippen molar-refractivity contribution in [3.63, 3.8) is 0 Å². The minimum absolute atomic E-state index is 0.0978. The number of imidazole rings is 1. The highest BCUT2D eigenvalue weighted by atomic mass is 35.5. The summed E-state index contributed by atoms with van der Waals surface area (Å²) in [5, 5.41) is 3.29. The lowest BCUT2D eigenvalue weighted by Crippen LogP contribution is -2.37. The molecule has 0 radical (unpaired) electrons. The second-order valence-electron chi connectivity index (χ2n) is 5.80. The molecule has 2 amide bonds. The summed E-state index contributed by atoms with van der Waals surface area (Å²) < 4.78 is 1.88. The summed E-state index contributed by atoms with van der Waals surface area (Å²) in [5.74, 6) is 0.926. The van der Waals surface area contributed by atoms with E-state index in [1.807, 2.05) is 16.5 Å². The van der Waals surface area contributed by atoms with Crippen LogP contribution in [0.5, 0.6) is 0 Å². The van der Waals surface area contributed by atoms with Crippen LogP contribution in [0.4, 0.5) is 0 Å². The predicted molar refractivity (Wildman–Crippen MR) is 88.0 cm³/mol. The standard InChI is InChI=1S/C15H24ClN5O2/c1-12(22)17-5-4-15(23)21-7-3-6-20(8-9-21)11-14-18-10-13(16)19(14)2/h10H,3-9,11H2,1-2H3,(H,17,22). The molecule has 1 aliphatic rings. The van der Waals surface area contributed by atoms with Crippen molar-refractivity contribution in [3.05, 3.63) is 17.2 Å². The van der Waals surface area contributed by atoms with Gasteiger partial charge in [-0.1, -0.05) is 11.6 Å². The lowest BCUT2D eigenvalue weighted by molar-refractivity contribution is -0.131. The van der Waals surface area contributed by atoms with Gasteiger partial charge in [0.2, 0.25) is 11.8 Å². The van der Waals surface area contributed by atoms with Gasteiger partial charge >= 0.3 is 0 Å². The first-order valence-corrected chi connectivity index (χ1v) is 8.26. The normalized spacial score (nSPS) is 16.2. The molecule has 0 spiro atoms. The number of amides is 2. The Labute approximate surface area is 141 Å². The van der Waals surface area contributed by atoms with E-state index in [0.29, 0.717) is 24.7 Å². The Hall–Kier alpha value is -1.60. The molecule has 0 aromatic carbocycles. The van der Waals surface area contributed by atoms with Gasteiger partial charge in [0, 0.05) is 53.1 Å². The van der Waals surface area contributed by atoms with Gasteiger partial charge in [-0.15, -0.1) is 0 Å². The van der Waals surface area contributed by atoms with Gasteiger partial charge in [-0.3, -0.25) is 14.5 Å². The van der Waals surface area contributed by atoms with Crippen molar-refractivity contribution in [3.8, 4) is 0 Å². The highest BCUT2D eigenvalue weighted by molar-refractivity contribution is 6.29. The van der Waals surface area contributed by atoms with Crippen LogP contribution in [0.1, 0.15) is 25.6 Å². The van der Waals surface area contributed by atoms with Crippen LogP contribution in [0.25, 0.3) is 0 Å². The fraction of sp³-hybridized carbons (Fsp3) is 0.667. The van der Waals surface area contributed by atoms with Gasteiger partial charge in [0.1, 0.15) is 11.0 Å². The van der Waals surface area contributed by atoms with E-state index >= 15 is 0 Å². The molecule has 1 aliphatic heterocycles. The number of nitrogens with zero attached hydrogens (tertiary/aromatic N) is 4. The Morgan fingerprint density at radius 3 is 2.74 bits per heavy atom. The summed E-state index contributed by atoms with van der Waals surface area (Å²) in [6.07, 6.45) is 2.95. The van der Waals surface area contributed by atoms with Crippen LogP contribution in [0.2, 0.25) is 5.15 Å². The third kappa shape index (κ3) is 5.21. The summed E-state index contributed by atoms with van der Waals surface area (Å²) in [7, 11) is 1.90. The molecule has 1 N–H and O–H groups in total. The maximum atomic E-state index is 12.2. The van der Waals surface area contributed by atoms with Crippen LogP contribution in [-0.2, 0) is 23.2 Å². The van der Waals surface area contributed by atoms with Gasteiger partial charge in [-0.2, -0.15) is 0 Å². The van der Waals surface area contributed by atoms with Crippen LogP contribution < -0.4 is 5.32 Å². The lowest BCUT2D eigenvalue weighted by atomic mass is 10.3. The molecule has 8 heteroatoms. The summed E-state index contributed by atoms with van der Waals surface area (Å²) in [5.41, 5.74) is 0. The van der Waals surface area contributed by atoms with Crippen molar-refractivity contribution in [2.24, 2.45) is 7.05 Å². The number of halogens is 1. The van der Waals surface area contributed by atoms with Crippen molar-refractivity contribution in [1.29, 1.82) is 0 Å². The Kier molecular flexibility index (Phi) is 6.41. The van der Waals surface area contributed by atoms with Gasteiger partial charge in [-0.25, -0.2) is 4.98 Å². The van der Waals surface area contributed by atoms with Crippen LogP contribution in [0.15, 0.2) is 6.20 Å². The summed E-state index contributed by atoms with van der Waals surface area (Å²) >= 11 is 6.01. The minimum atomic E-state index is -0.103. The van der Waals surface area contributed by atoms with E-state index in [2.05, 4.69) is 15.2 Å². The van der Waals surface area contributed by atoms with Crippen molar-refractivity contribution in [1.82, 2.24) is 24.7 Å². The third-order valence-corrected chi connectivity index (χ3v) is 4.40. The average molecular weight is 342 g/mol. The Balaban J connectivity index is 1.81. The average Bonchev–Trinajstić information content (AvgIpc) is 2.71. The van der Waals surface area contributed by atoms with Crippen LogP contribution in [-0.4, -0.2) is 63.9 Å². The van der Waals surface area contributed by atoms with Gasteiger partial charge in [0.15, 0.2) is 0 Å². The van der Waals surface area contributed by atoms with Crippen molar-refractivity contribution < 1.29 is 9.59 Å². The number of hydrogen-bond donors (Lipinski definition) is 1. The minimum Gasteiger partial charge on any atom is -0.356 e. The Bertz CT molecular complexity index is 560. The number of rotatable bonds is 5. The number of carbonyl (C=O) groups is 2. The van der Waals surface area contributed by atoms with Crippen molar-refractivity contribution in [2.45, 2.75) is 26.3 Å². The topological polar surface area (TPSA) is 70.5 Å². The molecule has 2 heterocycles. The smallest absolute Gasteiger partial charge is 0.224 e. The molecule has 0 unspecified atom stereocenters. The van der Waals surface area contributed by atoms with Crippen molar-refractivity contribution in [2.75, 3.05) is 32.7 Å². The van der Waals surface area contributed by atoms with Crippen LogP contribution in [0, 0.1) is 0 Å². The quantitative estimate of drug-likeness (QED) is 0.853. The van der Waals surface area contributed by atoms with Gasteiger partial charge in [0.25, 0.3) is 0 Å². The first-order valence-electron chi connectivity index (χ1n) is 7.88. The van der Waals surface area contributed by atoms with Gasteiger partial charge < -0.3 is 14.8 Å². The summed E-state index contributed by atoms with van der Waals surface area (Å²) in [4.78, 5) is 31.5. The zero-order valence-electron chi connectivity index (χ0n) is 13.7. The molecule has 23 heavy (non-hydrogen) atoms. The molecule has 2 rings (SSSR count). The number of aromatic nitrogens is 2. The molecule has 1 saturated heterocycles. The van der Waals surface area contributed by atoms with Gasteiger partial charge in [-0.05, 0) is 6.42 Å². The predicted octanol–water partition coefficient (Wildman–Crippen LogP) is 0.634. The maximum Gasteiger partial charge on any atom is 0.224 e. The van der Waals surface area contributed by atoms with Crippen LogP contribution >= 0.6 is 11.6 Å². The zero-order chi connectivity index (χ0) is 16.8. The molecule has 1 fully saturated rings. The molecule has 0 aliphatic carbocycles. The van der Waals surface area contributed by atoms with E-state index in [1.165, 1.54) is 6.92 Å². The first-order chi connectivity index (χ1) is 11.0. The van der Waals surface area contributed by atoms with Crippen molar-refractivity contribution >= 4 is 23.4 Å². The fourth-order valence-electron chi connectivity index (χ4n) is 2.65. The lowest BCUT2D eigenvalue weighted by Gasteiger charge is -2.22. The summed E-state index contributed by atoms with van der Waals surface area (Å²) in [6.45, 7) is 5.81. The van der Waals surface area contributed by atoms with E-state index in [-0.39, 0.29) is 11.8 Å². The second-order valence-corrected chi connectivity index (χ2v) is 6.19. The molecule has 128 valence electrons. The first kappa shape index (κ1) is 17.7. The molecule has 1 aromatic rings. The zero-order valence-corrected chi connectivity index (χ0v) is 14.5.